The Bertz CT molecular complexity index is 3040. The van der Waals surface area contributed by atoms with E-state index >= 15 is 0 Å². The van der Waals surface area contributed by atoms with Gasteiger partial charge in [-0.05, 0) is 54.6 Å². The van der Waals surface area contributed by atoms with Crippen molar-refractivity contribution >= 4 is 81.2 Å². The van der Waals surface area contributed by atoms with Crippen LogP contribution in [0.1, 0.15) is 29.0 Å². The number of benzene rings is 7. The minimum Gasteiger partial charge on any atom is -0.456 e. The molecule has 1 N–H and O–H groups in total. The van der Waals surface area contributed by atoms with E-state index in [1.54, 1.807) is 0 Å². The maximum atomic E-state index is 6.41. The average Bonchev–Trinajstić information content (AvgIpc) is 3.89. The summed E-state index contributed by atoms with van der Waals surface area (Å²) in [5.74, 6) is 0.874. The summed E-state index contributed by atoms with van der Waals surface area (Å²) in [7, 11) is 2.16. The summed E-state index contributed by atoms with van der Waals surface area (Å²) in [6.07, 6.45) is -0.366. The molecule has 11 rings (SSSR count). The SMILES string of the molecule is CN1C(c2ccc3c(c2)sc2ccc(-c4cccc5c4oc4ccccc45)cc23)N=C(c2ccccc2)NC1c1cccc2oc3ccccc3c12. The number of furan rings is 2. The van der Waals surface area contributed by atoms with Crippen LogP contribution in [-0.4, -0.2) is 17.8 Å². The molecule has 2 atom stereocenters. The molecule has 2 unspecified atom stereocenters. The third kappa shape index (κ3) is 4.48. The molecule has 4 heterocycles. The van der Waals surface area contributed by atoms with Gasteiger partial charge >= 0.3 is 0 Å². The lowest BCUT2D eigenvalue weighted by Gasteiger charge is -2.39. The van der Waals surface area contributed by atoms with Crippen LogP contribution in [0.5, 0.6) is 0 Å². The largest absolute Gasteiger partial charge is 0.456 e. The first kappa shape index (κ1) is 29.5. The topological polar surface area (TPSA) is 53.9 Å². The van der Waals surface area contributed by atoms with E-state index in [9.17, 15) is 0 Å². The van der Waals surface area contributed by atoms with Crippen molar-refractivity contribution in [2.75, 3.05) is 7.05 Å². The molecule has 1 aliphatic rings. The third-order valence-electron chi connectivity index (χ3n) is 10.6. The summed E-state index contributed by atoms with van der Waals surface area (Å²) < 4.78 is 15.2. The van der Waals surface area contributed by atoms with E-state index in [-0.39, 0.29) is 12.3 Å². The van der Waals surface area contributed by atoms with Crippen molar-refractivity contribution in [1.29, 1.82) is 0 Å². The molecule has 6 heteroatoms. The van der Waals surface area contributed by atoms with Crippen molar-refractivity contribution in [3.8, 4) is 11.1 Å². The fourth-order valence-electron chi connectivity index (χ4n) is 8.11. The monoisotopic (exact) mass is 689 g/mol. The highest BCUT2D eigenvalue weighted by Gasteiger charge is 2.33. The van der Waals surface area contributed by atoms with Crippen LogP contribution in [0.3, 0.4) is 0 Å². The van der Waals surface area contributed by atoms with Gasteiger partial charge in [0.2, 0.25) is 0 Å². The molecule has 0 spiro atoms. The Morgan fingerprint density at radius 3 is 2.21 bits per heavy atom. The Morgan fingerprint density at radius 1 is 0.577 bits per heavy atom. The van der Waals surface area contributed by atoms with E-state index in [1.807, 2.05) is 41.7 Å². The van der Waals surface area contributed by atoms with Gasteiger partial charge in [0, 0.05) is 58.4 Å². The molecule has 0 amide bonds. The molecule has 0 saturated carbocycles. The Kier molecular flexibility index (Phi) is 6.47. The fourth-order valence-corrected chi connectivity index (χ4v) is 9.24. The molecule has 5 nitrogen and oxygen atoms in total. The van der Waals surface area contributed by atoms with Gasteiger partial charge in [-0.25, -0.2) is 4.99 Å². The number of hydrogen-bond donors (Lipinski definition) is 1. The van der Waals surface area contributed by atoms with Crippen LogP contribution < -0.4 is 5.32 Å². The van der Waals surface area contributed by atoms with Gasteiger partial charge in [-0.1, -0.05) is 115 Å². The van der Waals surface area contributed by atoms with Crippen molar-refractivity contribution in [3.63, 3.8) is 0 Å². The number of para-hydroxylation sites is 3. The molecule has 0 radical (unpaired) electrons. The van der Waals surface area contributed by atoms with Crippen molar-refractivity contribution in [2.45, 2.75) is 12.3 Å². The third-order valence-corrected chi connectivity index (χ3v) is 11.7. The summed E-state index contributed by atoms with van der Waals surface area (Å²) in [5.41, 5.74) is 9.26. The van der Waals surface area contributed by atoms with Gasteiger partial charge in [-0.2, -0.15) is 0 Å². The van der Waals surface area contributed by atoms with E-state index in [0.29, 0.717) is 0 Å². The van der Waals surface area contributed by atoms with E-state index < -0.39 is 0 Å². The van der Waals surface area contributed by atoms with E-state index in [4.69, 9.17) is 13.8 Å². The first-order valence-electron chi connectivity index (χ1n) is 17.6. The zero-order chi connectivity index (χ0) is 34.3. The van der Waals surface area contributed by atoms with Crippen LogP contribution in [-0.2, 0) is 0 Å². The zero-order valence-electron chi connectivity index (χ0n) is 28.2. The fraction of sp³-hybridized carbons (Fsp3) is 0.0652. The number of aliphatic imine (C=N–C) groups is 1. The second kappa shape index (κ2) is 11.4. The summed E-state index contributed by atoms with van der Waals surface area (Å²) in [6, 6.07) is 53.5. The standard InChI is InChI=1S/C46H31N3O2S/c1-49-45(47-44(27-11-3-2-4-12-27)48-46(49)35-17-10-20-39-42(35)34-14-6-8-19-38(34)50-39)29-21-23-32-36-25-28(22-24-40(36)52-41(32)26-29)30-15-9-16-33-31-13-5-7-18-37(31)51-43(30)33/h2-26,45-46H,1H3,(H,47,48). The number of nitrogens with one attached hydrogen (secondary N) is 1. The first-order chi connectivity index (χ1) is 25.7. The molecule has 0 aliphatic carbocycles. The van der Waals surface area contributed by atoms with Crippen LogP contribution in [0.15, 0.2) is 165 Å². The van der Waals surface area contributed by atoms with Crippen molar-refractivity contribution < 1.29 is 8.83 Å². The predicted octanol–water partition coefficient (Wildman–Crippen LogP) is 12.2. The quantitative estimate of drug-likeness (QED) is 0.200. The second-order valence-electron chi connectivity index (χ2n) is 13.6. The molecule has 7 aromatic carbocycles. The number of hydrogen-bond acceptors (Lipinski definition) is 6. The van der Waals surface area contributed by atoms with Gasteiger partial charge in [-0.15, -0.1) is 11.3 Å². The second-order valence-corrected chi connectivity index (χ2v) is 14.7. The van der Waals surface area contributed by atoms with Crippen molar-refractivity contribution in [2.24, 2.45) is 4.99 Å². The number of nitrogens with zero attached hydrogens (tertiary/aromatic N) is 2. The predicted molar refractivity (Wildman–Crippen MR) is 215 cm³/mol. The van der Waals surface area contributed by atoms with E-state index in [2.05, 4.69) is 139 Å². The molecule has 0 saturated heterocycles. The lowest BCUT2D eigenvalue weighted by Crippen LogP contribution is -2.46. The Hall–Kier alpha value is -6.21. The molecular weight excluding hydrogens is 659 g/mol. The summed E-state index contributed by atoms with van der Waals surface area (Å²) in [5, 5.41) is 10.8. The van der Waals surface area contributed by atoms with Gasteiger partial charge in [0.15, 0.2) is 0 Å². The molecule has 0 fully saturated rings. The Morgan fingerprint density at radius 2 is 1.33 bits per heavy atom. The average molecular weight is 690 g/mol. The Labute approximate surface area is 303 Å². The minimum absolute atomic E-state index is 0.149. The number of thiophene rings is 1. The van der Waals surface area contributed by atoms with Crippen LogP contribution in [0, 0.1) is 0 Å². The highest BCUT2D eigenvalue weighted by atomic mass is 32.1. The lowest BCUT2D eigenvalue weighted by molar-refractivity contribution is 0.153. The molecule has 1 aliphatic heterocycles. The molecule has 3 aromatic heterocycles. The molecular formula is C46H31N3O2S. The van der Waals surface area contributed by atoms with E-state index in [1.165, 1.54) is 20.2 Å². The highest BCUT2D eigenvalue weighted by molar-refractivity contribution is 7.25. The maximum absolute atomic E-state index is 6.41. The molecule has 248 valence electrons. The van der Waals surface area contributed by atoms with Crippen molar-refractivity contribution in [1.82, 2.24) is 10.2 Å². The van der Waals surface area contributed by atoms with Crippen LogP contribution >= 0.6 is 11.3 Å². The number of amidine groups is 1. The summed E-state index contributed by atoms with van der Waals surface area (Å²) in [4.78, 5) is 7.71. The van der Waals surface area contributed by atoms with Gasteiger partial charge in [-0.3, -0.25) is 4.90 Å². The minimum atomic E-state index is -0.217. The van der Waals surface area contributed by atoms with Gasteiger partial charge < -0.3 is 14.2 Å². The lowest BCUT2D eigenvalue weighted by atomic mass is 9.99. The zero-order valence-corrected chi connectivity index (χ0v) is 29.0. The van der Waals surface area contributed by atoms with E-state index in [0.717, 1.165) is 77.5 Å². The number of fused-ring (bicyclic) bond motifs is 9. The smallest absolute Gasteiger partial charge is 0.143 e. The van der Waals surface area contributed by atoms with Gasteiger partial charge in [0.1, 0.15) is 40.5 Å². The molecule has 52 heavy (non-hydrogen) atoms. The van der Waals surface area contributed by atoms with Gasteiger partial charge in [0.05, 0.1) is 0 Å². The molecule has 0 bridgehead atoms. The van der Waals surface area contributed by atoms with Crippen LogP contribution in [0.25, 0.3) is 75.2 Å². The van der Waals surface area contributed by atoms with Gasteiger partial charge in [0.25, 0.3) is 0 Å². The first-order valence-corrected chi connectivity index (χ1v) is 18.4. The summed E-state index contributed by atoms with van der Waals surface area (Å²) >= 11 is 1.83. The Balaban J connectivity index is 1.03. The highest BCUT2D eigenvalue weighted by Crippen LogP contribution is 2.43. The maximum Gasteiger partial charge on any atom is 0.143 e. The van der Waals surface area contributed by atoms with Crippen LogP contribution in [0.2, 0.25) is 0 Å². The molecule has 10 aromatic rings. The number of rotatable bonds is 4. The summed E-state index contributed by atoms with van der Waals surface area (Å²) in [6.45, 7) is 0. The normalized spacial score (nSPS) is 16.8. The van der Waals surface area contributed by atoms with Crippen LogP contribution in [0.4, 0.5) is 0 Å². The van der Waals surface area contributed by atoms with Crippen molar-refractivity contribution in [3.05, 3.63) is 168 Å².